The average molecular weight is 533 g/mol. The van der Waals surface area contributed by atoms with Gasteiger partial charge in [-0.25, -0.2) is 13.8 Å². The minimum Gasteiger partial charge on any atom is -0.341 e. The van der Waals surface area contributed by atoms with Crippen molar-refractivity contribution in [3.63, 3.8) is 0 Å². The van der Waals surface area contributed by atoms with E-state index in [0.717, 1.165) is 4.57 Å². The third kappa shape index (κ3) is 3.93. The lowest BCUT2D eigenvalue weighted by Crippen LogP contribution is -2.30. The lowest BCUT2D eigenvalue weighted by molar-refractivity contribution is -0.0607. The summed E-state index contributed by atoms with van der Waals surface area (Å²) in [6, 6.07) is 1.30. The highest BCUT2D eigenvalue weighted by molar-refractivity contribution is 6.33. The van der Waals surface area contributed by atoms with E-state index < -0.39 is 30.4 Å². The van der Waals surface area contributed by atoms with Gasteiger partial charge in [0.15, 0.2) is 11.6 Å². The minimum atomic E-state index is -3.86. The smallest absolute Gasteiger partial charge is 0.341 e. The Morgan fingerprint density at radius 2 is 1.95 bits per heavy atom. The van der Waals surface area contributed by atoms with Gasteiger partial charge < -0.3 is 9.88 Å². The fourth-order valence-corrected chi connectivity index (χ4v) is 4.48. The van der Waals surface area contributed by atoms with Gasteiger partial charge >= 0.3 is 6.05 Å². The summed E-state index contributed by atoms with van der Waals surface area (Å²) in [6.07, 6.45) is 4.43. The predicted molar refractivity (Wildman–Crippen MR) is 125 cm³/mol. The summed E-state index contributed by atoms with van der Waals surface area (Å²) in [5, 5.41) is 18.5. The van der Waals surface area contributed by atoms with Crippen LogP contribution < -0.4 is 5.32 Å². The van der Waals surface area contributed by atoms with Crippen molar-refractivity contribution in [2.45, 2.75) is 25.3 Å². The normalized spacial score (nSPS) is 15.4. The van der Waals surface area contributed by atoms with Gasteiger partial charge in [-0.3, -0.25) is 9.25 Å². The van der Waals surface area contributed by atoms with Crippen LogP contribution in [0.1, 0.15) is 5.82 Å². The van der Waals surface area contributed by atoms with Gasteiger partial charge in [0.25, 0.3) is 0 Å². The highest BCUT2D eigenvalue weighted by Gasteiger charge is 2.43. The highest BCUT2D eigenvalue weighted by Crippen LogP contribution is 2.37. The molecule has 1 aliphatic rings. The van der Waals surface area contributed by atoms with Crippen molar-refractivity contribution in [1.82, 2.24) is 43.9 Å². The molecule has 0 aliphatic carbocycles. The molecule has 0 saturated heterocycles. The fraction of sp³-hybridized carbons (Fsp3) is 0.227. The second-order valence-corrected chi connectivity index (χ2v) is 8.89. The number of hydrogen-bond acceptors (Lipinski definition) is 6. The van der Waals surface area contributed by atoms with Crippen LogP contribution in [0.3, 0.4) is 0 Å². The van der Waals surface area contributed by atoms with Crippen LogP contribution in [0.2, 0.25) is 5.02 Å². The second kappa shape index (κ2) is 8.44. The molecule has 15 heteroatoms. The van der Waals surface area contributed by atoms with E-state index in [0.29, 0.717) is 45.9 Å². The molecule has 0 spiro atoms. The van der Waals surface area contributed by atoms with Crippen LogP contribution in [0.25, 0.3) is 22.6 Å². The maximum atomic E-state index is 15.2. The summed E-state index contributed by atoms with van der Waals surface area (Å²) >= 11 is 6.44. The average Bonchev–Trinajstić information content (AvgIpc) is 3.63. The summed E-state index contributed by atoms with van der Waals surface area (Å²) < 4.78 is 63.0. The number of aromatic nitrogens is 9. The summed E-state index contributed by atoms with van der Waals surface area (Å²) in [5.74, 6) is -0.568. The molecule has 6 heterocycles. The van der Waals surface area contributed by atoms with Crippen LogP contribution in [0.4, 0.5) is 29.2 Å². The number of rotatable bonds is 5. The molecular formula is C22H17ClF4N10. The molecule has 1 atom stereocenters. The van der Waals surface area contributed by atoms with Crippen molar-refractivity contribution in [2.75, 3.05) is 5.32 Å². The Morgan fingerprint density at radius 1 is 1.11 bits per heavy atom. The number of anilines is 2. The van der Waals surface area contributed by atoms with Crippen LogP contribution in [-0.4, -0.2) is 50.0 Å². The fourth-order valence-electron chi connectivity index (χ4n) is 4.27. The van der Waals surface area contributed by atoms with Gasteiger partial charge in [-0.05, 0) is 12.1 Å². The number of nitrogens with one attached hydrogen (secondary N) is 1. The molecular weight excluding hydrogens is 516 g/mol. The number of hydrogen-bond donors (Lipinski definition) is 1. The van der Waals surface area contributed by atoms with Gasteiger partial charge in [0.2, 0.25) is 5.82 Å². The van der Waals surface area contributed by atoms with Gasteiger partial charge in [0, 0.05) is 36.6 Å². The molecule has 0 amide bonds. The molecule has 6 rings (SSSR count). The van der Waals surface area contributed by atoms with E-state index >= 15 is 8.78 Å². The quantitative estimate of drug-likeness (QED) is 0.340. The summed E-state index contributed by atoms with van der Waals surface area (Å²) in [5.41, 5.74) is 1.55. The zero-order valence-corrected chi connectivity index (χ0v) is 19.8. The van der Waals surface area contributed by atoms with E-state index in [2.05, 4.69) is 30.7 Å². The van der Waals surface area contributed by atoms with E-state index in [1.165, 1.54) is 6.20 Å². The van der Waals surface area contributed by atoms with Crippen molar-refractivity contribution in [1.29, 1.82) is 0 Å². The van der Waals surface area contributed by atoms with E-state index in [4.69, 9.17) is 11.6 Å². The topological polar surface area (TPSA) is 96.2 Å². The molecule has 10 nitrogen and oxygen atoms in total. The monoisotopic (exact) mass is 532 g/mol. The Balaban J connectivity index is 1.41. The highest BCUT2D eigenvalue weighted by atomic mass is 35.5. The molecule has 0 unspecified atom stereocenters. The largest absolute Gasteiger partial charge is 0.404 e. The van der Waals surface area contributed by atoms with E-state index in [1.54, 1.807) is 46.9 Å². The van der Waals surface area contributed by atoms with Gasteiger partial charge in [-0.2, -0.15) is 23.7 Å². The van der Waals surface area contributed by atoms with Crippen molar-refractivity contribution in [3.8, 4) is 22.6 Å². The minimum absolute atomic E-state index is 0.0344. The molecule has 0 radical (unpaired) electrons. The van der Waals surface area contributed by atoms with Crippen molar-refractivity contribution < 1.29 is 17.6 Å². The second-order valence-electron chi connectivity index (χ2n) is 8.48. The number of alkyl halides is 3. The summed E-state index contributed by atoms with van der Waals surface area (Å²) in [7, 11) is 1.77. The van der Waals surface area contributed by atoms with E-state index in [9.17, 15) is 8.78 Å². The van der Waals surface area contributed by atoms with Gasteiger partial charge in [0.1, 0.15) is 17.8 Å². The summed E-state index contributed by atoms with van der Waals surface area (Å²) in [6.45, 7) is -0.522. The number of halogens is 5. The molecule has 0 bridgehead atoms. The van der Waals surface area contributed by atoms with Crippen LogP contribution in [0, 0.1) is 5.82 Å². The van der Waals surface area contributed by atoms with Crippen LogP contribution in [-0.2, 0) is 26.2 Å². The van der Waals surface area contributed by atoms with Crippen molar-refractivity contribution in [2.24, 2.45) is 7.05 Å². The Morgan fingerprint density at radius 3 is 2.68 bits per heavy atom. The SMILES string of the molecule is Cn1nccc1Nc1cc(-c2cc3n(c2)C[C@H](F)Cn2c-3nnc2C(F)(F)n2cc(F)cn2)c(Cl)cn1. The predicted octanol–water partition coefficient (Wildman–Crippen LogP) is 4.22. The van der Waals surface area contributed by atoms with E-state index in [-0.39, 0.29) is 17.1 Å². The van der Waals surface area contributed by atoms with Crippen LogP contribution >= 0.6 is 11.6 Å². The molecule has 190 valence electrons. The lowest BCUT2D eigenvalue weighted by atomic mass is 10.1. The molecule has 5 aromatic heterocycles. The van der Waals surface area contributed by atoms with Crippen LogP contribution in [0.5, 0.6) is 0 Å². The Kier molecular flexibility index (Phi) is 5.29. The molecule has 0 aromatic carbocycles. The lowest BCUT2D eigenvalue weighted by Gasteiger charge is -2.17. The first-order valence-electron chi connectivity index (χ1n) is 11.0. The molecule has 1 aliphatic heterocycles. The van der Waals surface area contributed by atoms with Gasteiger partial charge in [-0.1, -0.05) is 11.6 Å². The molecule has 37 heavy (non-hydrogen) atoms. The summed E-state index contributed by atoms with van der Waals surface area (Å²) in [4.78, 5) is 4.29. The Bertz CT molecular complexity index is 1620. The first-order valence-corrected chi connectivity index (χ1v) is 11.4. The number of aryl methyl sites for hydroxylation is 1. The molecule has 0 saturated carbocycles. The van der Waals surface area contributed by atoms with Gasteiger partial charge in [-0.15, -0.1) is 10.2 Å². The third-order valence-electron chi connectivity index (χ3n) is 6.00. The van der Waals surface area contributed by atoms with Crippen LogP contribution in [0.15, 0.2) is 49.2 Å². The number of fused-ring (bicyclic) bond motifs is 3. The maximum Gasteiger partial charge on any atom is 0.404 e. The van der Waals surface area contributed by atoms with Crippen molar-refractivity contribution in [3.05, 3.63) is 65.8 Å². The number of pyridine rings is 1. The number of nitrogens with zero attached hydrogens (tertiary/aromatic N) is 9. The van der Waals surface area contributed by atoms with E-state index in [1.807, 2.05) is 0 Å². The third-order valence-corrected chi connectivity index (χ3v) is 6.30. The molecule has 1 N–H and O–H groups in total. The molecule has 0 fully saturated rings. The zero-order valence-electron chi connectivity index (χ0n) is 19.0. The first kappa shape index (κ1) is 23.2. The standard InChI is InChI=1S/C22H17ClF4N10/c1-34-19(2-3-29-34)31-18-5-15(16(23)7-28-18)12-4-17-20-32-33-21(22(26,27)37-11-13(24)6-30-37)36(20)10-14(25)9-35(17)8-12/h2-8,11,14H,9-10H2,1H3,(H,28,31)/t14-/m0/s1. The maximum absolute atomic E-state index is 15.2. The molecule has 5 aromatic rings. The zero-order chi connectivity index (χ0) is 25.9. The van der Waals surface area contributed by atoms with Crippen molar-refractivity contribution >= 4 is 23.2 Å². The first-order chi connectivity index (χ1) is 17.7. The Hall–Kier alpha value is -4.20. The Labute approximate surface area is 211 Å². The van der Waals surface area contributed by atoms with Gasteiger partial charge in [0.05, 0.1) is 42.4 Å².